The van der Waals surface area contributed by atoms with Gasteiger partial charge in [-0.3, -0.25) is 9.59 Å². The van der Waals surface area contributed by atoms with E-state index in [1.165, 1.54) is 6.92 Å². The van der Waals surface area contributed by atoms with Crippen LogP contribution in [0.2, 0.25) is 0 Å². The minimum Gasteiger partial charge on any atom is -0.452 e. The Labute approximate surface area is 92.3 Å². The summed E-state index contributed by atoms with van der Waals surface area (Å²) in [5.74, 6) is -0.878. The molecule has 0 amide bonds. The van der Waals surface area contributed by atoms with Crippen LogP contribution < -0.4 is 0 Å². The molecule has 0 bridgehead atoms. The van der Waals surface area contributed by atoms with Crippen molar-refractivity contribution in [3.8, 4) is 0 Å². The molecule has 0 aromatic heterocycles. The fraction of sp³-hybridized carbons (Fsp3) is 0.778. The Morgan fingerprint density at radius 3 is 2.31 bits per heavy atom. The number of aldehydes is 1. The number of aliphatic hydroxyl groups is 4. The maximum Gasteiger partial charge on any atom is 0.309 e. The third kappa shape index (κ3) is 5.17. The lowest BCUT2D eigenvalue weighted by atomic mass is 10.1. The van der Waals surface area contributed by atoms with Gasteiger partial charge >= 0.3 is 5.97 Å². The molecule has 0 saturated carbocycles. The first-order valence-corrected chi connectivity index (χ1v) is 4.72. The molecule has 0 aromatic carbocycles. The quantitative estimate of drug-likeness (QED) is 0.286. The minimum atomic E-state index is -1.69. The molecule has 4 atom stereocenters. The van der Waals surface area contributed by atoms with Crippen molar-refractivity contribution in [2.45, 2.75) is 37.8 Å². The van der Waals surface area contributed by atoms with Gasteiger partial charge in [0.1, 0.15) is 12.2 Å². The SMILES string of the molecule is C[C@@H](O)CC(=O)O[C@H](C=O)[C@H](O)[C@H](O)CO. The molecule has 0 fully saturated rings. The standard InChI is InChI=1S/C9H16O7/c1-5(12)2-8(14)16-7(4-11)9(15)6(13)3-10/h4-7,9-10,12-13,15H,2-3H2,1H3/t5-,6-,7-,9-/m1/s1. The van der Waals surface area contributed by atoms with Crippen LogP contribution >= 0.6 is 0 Å². The average Bonchev–Trinajstić information content (AvgIpc) is 2.22. The fourth-order valence-electron chi connectivity index (χ4n) is 0.946. The number of carbonyl (C=O) groups excluding carboxylic acids is 2. The first-order chi connectivity index (χ1) is 7.42. The van der Waals surface area contributed by atoms with Gasteiger partial charge in [0, 0.05) is 0 Å². The van der Waals surface area contributed by atoms with Crippen LogP contribution in [-0.4, -0.2) is 63.7 Å². The Hall–Kier alpha value is -1.02. The van der Waals surface area contributed by atoms with E-state index in [1.54, 1.807) is 0 Å². The zero-order valence-corrected chi connectivity index (χ0v) is 8.81. The van der Waals surface area contributed by atoms with Crippen molar-refractivity contribution in [1.82, 2.24) is 0 Å². The van der Waals surface area contributed by atoms with Gasteiger partial charge in [0.25, 0.3) is 0 Å². The second-order valence-electron chi connectivity index (χ2n) is 3.38. The largest absolute Gasteiger partial charge is 0.452 e. The molecular weight excluding hydrogens is 220 g/mol. The molecule has 0 aliphatic carbocycles. The van der Waals surface area contributed by atoms with Gasteiger partial charge in [-0.05, 0) is 6.92 Å². The van der Waals surface area contributed by atoms with Crippen molar-refractivity contribution >= 4 is 12.3 Å². The van der Waals surface area contributed by atoms with Crippen LogP contribution in [0.1, 0.15) is 13.3 Å². The van der Waals surface area contributed by atoms with Gasteiger partial charge in [-0.1, -0.05) is 0 Å². The number of rotatable bonds is 7. The van der Waals surface area contributed by atoms with Gasteiger partial charge in [-0.25, -0.2) is 0 Å². The smallest absolute Gasteiger partial charge is 0.309 e. The maximum absolute atomic E-state index is 11.0. The van der Waals surface area contributed by atoms with Gasteiger partial charge in [0.15, 0.2) is 12.4 Å². The number of hydrogen-bond donors (Lipinski definition) is 4. The van der Waals surface area contributed by atoms with Gasteiger partial charge in [0.05, 0.1) is 19.1 Å². The van der Waals surface area contributed by atoms with E-state index < -0.39 is 37.0 Å². The predicted molar refractivity (Wildman–Crippen MR) is 51.3 cm³/mol. The van der Waals surface area contributed by atoms with Crippen molar-refractivity contribution in [3.05, 3.63) is 0 Å². The molecule has 0 heterocycles. The molecule has 16 heavy (non-hydrogen) atoms. The Balaban J connectivity index is 4.29. The monoisotopic (exact) mass is 236 g/mol. The van der Waals surface area contributed by atoms with Crippen molar-refractivity contribution in [1.29, 1.82) is 0 Å². The average molecular weight is 236 g/mol. The van der Waals surface area contributed by atoms with Crippen LogP contribution in [0, 0.1) is 0 Å². The van der Waals surface area contributed by atoms with Crippen molar-refractivity contribution < 1.29 is 34.8 Å². The Morgan fingerprint density at radius 2 is 1.94 bits per heavy atom. The van der Waals surface area contributed by atoms with E-state index in [-0.39, 0.29) is 12.7 Å². The highest BCUT2D eigenvalue weighted by Crippen LogP contribution is 2.05. The summed E-state index contributed by atoms with van der Waals surface area (Å²) in [6.45, 7) is 0.593. The molecule has 4 N–H and O–H groups in total. The molecule has 94 valence electrons. The van der Waals surface area contributed by atoms with Crippen LogP contribution in [0.3, 0.4) is 0 Å². The second kappa shape index (κ2) is 7.29. The molecular formula is C9H16O7. The summed E-state index contributed by atoms with van der Waals surface area (Å²) in [5, 5.41) is 35.7. The van der Waals surface area contributed by atoms with Crippen molar-refractivity contribution in [2.75, 3.05) is 6.61 Å². The Kier molecular flexibility index (Phi) is 6.82. The molecule has 7 heteroatoms. The van der Waals surface area contributed by atoms with E-state index in [2.05, 4.69) is 4.74 Å². The number of aliphatic hydroxyl groups excluding tert-OH is 4. The molecule has 0 aliphatic rings. The van der Waals surface area contributed by atoms with E-state index in [4.69, 9.17) is 15.3 Å². The van der Waals surface area contributed by atoms with Crippen molar-refractivity contribution in [3.63, 3.8) is 0 Å². The van der Waals surface area contributed by atoms with Gasteiger partial charge in [-0.15, -0.1) is 0 Å². The zero-order valence-electron chi connectivity index (χ0n) is 8.81. The summed E-state index contributed by atoms with van der Waals surface area (Å²) in [6, 6.07) is 0. The van der Waals surface area contributed by atoms with E-state index >= 15 is 0 Å². The molecule has 0 unspecified atom stereocenters. The van der Waals surface area contributed by atoms with E-state index in [0.717, 1.165) is 0 Å². The van der Waals surface area contributed by atoms with Gasteiger partial charge in [0.2, 0.25) is 0 Å². The Morgan fingerprint density at radius 1 is 1.38 bits per heavy atom. The molecule has 0 aromatic rings. The number of esters is 1. The molecule has 7 nitrogen and oxygen atoms in total. The third-order valence-corrected chi connectivity index (χ3v) is 1.78. The summed E-state index contributed by atoms with van der Waals surface area (Å²) in [5.41, 5.74) is 0. The molecule has 0 aliphatic heterocycles. The highest BCUT2D eigenvalue weighted by atomic mass is 16.6. The van der Waals surface area contributed by atoms with Crippen LogP contribution in [-0.2, 0) is 14.3 Å². The normalized spacial score (nSPS) is 18.3. The zero-order chi connectivity index (χ0) is 12.7. The first kappa shape index (κ1) is 15.0. The Bertz CT molecular complexity index is 228. The number of hydrogen-bond acceptors (Lipinski definition) is 7. The van der Waals surface area contributed by atoms with Crippen LogP contribution in [0.25, 0.3) is 0 Å². The maximum atomic E-state index is 11.0. The van der Waals surface area contributed by atoms with E-state index in [0.29, 0.717) is 0 Å². The highest BCUT2D eigenvalue weighted by molar-refractivity contribution is 5.73. The fourth-order valence-corrected chi connectivity index (χ4v) is 0.946. The topological polar surface area (TPSA) is 124 Å². The summed E-state index contributed by atoms with van der Waals surface area (Å²) in [7, 11) is 0. The highest BCUT2D eigenvalue weighted by Gasteiger charge is 2.29. The van der Waals surface area contributed by atoms with E-state index in [1.807, 2.05) is 0 Å². The lowest BCUT2D eigenvalue weighted by Gasteiger charge is -2.21. The van der Waals surface area contributed by atoms with Crippen molar-refractivity contribution in [2.24, 2.45) is 0 Å². The first-order valence-electron chi connectivity index (χ1n) is 4.72. The second-order valence-corrected chi connectivity index (χ2v) is 3.38. The predicted octanol–water partition coefficient (Wildman–Crippen LogP) is -2.42. The summed E-state index contributed by atoms with van der Waals surface area (Å²) < 4.78 is 4.51. The van der Waals surface area contributed by atoms with Crippen LogP contribution in [0.15, 0.2) is 0 Å². The van der Waals surface area contributed by atoms with Crippen LogP contribution in [0.5, 0.6) is 0 Å². The number of carbonyl (C=O) groups is 2. The lowest BCUT2D eigenvalue weighted by molar-refractivity contribution is -0.165. The summed E-state index contributed by atoms with van der Waals surface area (Å²) in [4.78, 5) is 21.5. The minimum absolute atomic E-state index is 0.142. The summed E-state index contributed by atoms with van der Waals surface area (Å²) in [6.07, 6.45) is -5.95. The third-order valence-electron chi connectivity index (χ3n) is 1.78. The van der Waals surface area contributed by atoms with Gasteiger partial charge in [-0.2, -0.15) is 0 Å². The molecule has 0 radical (unpaired) electrons. The number of ether oxygens (including phenoxy) is 1. The molecule has 0 rings (SSSR count). The molecule has 0 saturated heterocycles. The van der Waals surface area contributed by atoms with Crippen LogP contribution in [0.4, 0.5) is 0 Å². The lowest BCUT2D eigenvalue weighted by Crippen LogP contribution is -2.43. The summed E-state index contributed by atoms with van der Waals surface area (Å²) >= 11 is 0. The van der Waals surface area contributed by atoms with Gasteiger partial charge < -0.3 is 25.2 Å². The molecule has 0 spiro atoms. The van der Waals surface area contributed by atoms with E-state index in [9.17, 15) is 14.7 Å².